The molecule has 2 heterocycles. The number of thiazole rings is 1. The largest absolute Gasteiger partial charge is 0.487 e. The van der Waals surface area contributed by atoms with Crippen LogP contribution in [0.2, 0.25) is 0 Å². The predicted molar refractivity (Wildman–Crippen MR) is 100 cm³/mol. The first-order valence-electron chi connectivity index (χ1n) is 8.36. The number of carbonyl (C=O) groups excluding carboxylic acids is 1. The van der Waals surface area contributed by atoms with E-state index in [2.05, 4.69) is 4.98 Å². The van der Waals surface area contributed by atoms with Crippen LogP contribution in [0.4, 0.5) is 10.1 Å². The number of nitrogens with zero attached hydrogens (tertiary/aromatic N) is 2. The van der Waals surface area contributed by atoms with E-state index in [4.69, 9.17) is 4.74 Å². The zero-order valence-electron chi connectivity index (χ0n) is 14.2. The number of hydrogen-bond acceptors (Lipinski definition) is 4. The van der Waals surface area contributed by atoms with Crippen LogP contribution in [0.1, 0.15) is 12.6 Å². The van der Waals surface area contributed by atoms with Gasteiger partial charge in [0.15, 0.2) is 0 Å². The quantitative estimate of drug-likeness (QED) is 0.692. The minimum absolute atomic E-state index is 0.0244. The van der Waals surface area contributed by atoms with Gasteiger partial charge in [0.05, 0.1) is 24.3 Å². The SMILES string of the molecule is CC1CN(C(=O)Cc2csc(-c3cccc(F)c3)n2)c2ccccc2O1. The summed E-state index contributed by atoms with van der Waals surface area (Å²) < 4.78 is 19.2. The van der Waals surface area contributed by atoms with Gasteiger partial charge in [-0.3, -0.25) is 4.79 Å². The number of fused-ring (bicyclic) bond motifs is 1. The predicted octanol–water partition coefficient (Wildman–Crippen LogP) is 4.31. The molecule has 2 aromatic carbocycles. The summed E-state index contributed by atoms with van der Waals surface area (Å²) in [5, 5.41) is 2.57. The van der Waals surface area contributed by atoms with Crippen molar-refractivity contribution in [3.05, 3.63) is 65.4 Å². The maximum atomic E-state index is 13.4. The summed E-state index contributed by atoms with van der Waals surface area (Å²) in [5.41, 5.74) is 2.20. The molecule has 0 radical (unpaired) electrons. The normalized spacial score (nSPS) is 16.1. The lowest BCUT2D eigenvalue weighted by Gasteiger charge is -2.33. The van der Waals surface area contributed by atoms with Crippen molar-refractivity contribution in [3.63, 3.8) is 0 Å². The highest BCUT2D eigenvalue weighted by atomic mass is 32.1. The van der Waals surface area contributed by atoms with Crippen molar-refractivity contribution < 1.29 is 13.9 Å². The molecule has 1 amide bonds. The summed E-state index contributed by atoms with van der Waals surface area (Å²) in [7, 11) is 0. The molecule has 3 aromatic rings. The van der Waals surface area contributed by atoms with Gasteiger partial charge in [-0.05, 0) is 31.2 Å². The average molecular weight is 368 g/mol. The molecule has 26 heavy (non-hydrogen) atoms. The van der Waals surface area contributed by atoms with Crippen LogP contribution in [-0.4, -0.2) is 23.5 Å². The molecule has 0 bridgehead atoms. The summed E-state index contributed by atoms with van der Waals surface area (Å²) in [6.07, 6.45) is 0.138. The van der Waals surface area contributed by atoms with Gasteiger partial charge in [0.25, 0.3) is 0 Å². The monoisotopic (exact) mass is 368 g/mol. The molecule has 1 atom stereocenters. The molecule has 1 aliphatic heterocycles. The number of ether oxygens (including phenoxy) is 1. The zero-order chi connectivity index (χ0) is 18.1. The van der Waals surface area contributed by atoms with Gasteiger partial charge in [0.2, 0.25) is 5.91 Å². The lowest BCUT2D eigenvalue weighted by atomic mass is 10.1. The number of aromatic nitrogens is 1. The molecule has 0 aliphatic carbocycles. The van der Waals surface area contributed by atoms with Gasteiger partial charge in [0.1, 0.15) is 22.7 Å². The summed E-state index contributed by atoms with van der Waals surface area (Å²) in [6.45, 7) is 2.46. The third kappa shape index (κ3) is 3.32. The van der Waals surface area contributed by atoms with E-state index in [1.165, 1.54) is 23.5 Å². The number of amides is 1. The Bertz CT molecular complexity index is 956. The van der Waals surface area contributed by atoms with Crippen molar-refractivity contribution in [2.45, 2.75) is 19.4 Å². The molecule has 0 spiro atoms. The molecule has 4 nitrogen and oxygen atoms in total. The molecule has 1 unspecified atom stereocenters. The van der Waals surface area contributed by atoms with Gasteiger partial charge in [0, 0.05) is 10.9 Å². The van der Waals surface area contributed by atoms with Crippen molar-refractivity contribution in [1.82, 2.24) is 4.98 Å². The Morgan fingerprint density at radius 2 is 2.15 bits per heavy atom. The summed E-state index contributed by atoms with van der Waals surface area (Å²) in [4.78, 5) is 19.1. The van der Waals surface area contributed by atoms with Gasteiger partial charge in [-0.15, -0.1) is 11.3 Å². The van der Waals surface area contributed by atoms with Crippen molar-refractivity contribution in [3.8, 4) is 16.3 Å². The summed E-state index contributed by atoms with van der Waals surface area (Å²) in [6, 6.07) is 13.9. The van der Waals surface area contributed by atoms with E-state index in [9.17, 15) is 9.18 Å². The van der Waals surface area contributed by atoms with Gasteiger partial charge in [-0.1, -0.05) is 24.3 Å². The second-order valence-corrected chi connectivity index (χ2v) is 7.09. The minimum atomic E-state index is -0.297. The van der Waals surface area contributed by atoms with Crippen molar-refractivity contribution in [1.29, 1.82) is 0 Å². The summed E-state index contributed by atoms with van der Waals surface area (Å²) >= 11 is 1.41. The Balaban J connectivity index is 1.54. The molecule has 1 aromatic heterocycles. The molecular formula is C20H17FN2O2S. The van der Waals surface area contributed by atoms with Gasteiger partial charge >= 0.3 is 0 Å². The third-order valence-electron chi connectivity index (χ3n) is 4.18. The van der Waals surface area contributed by atoms with Gasteiger partial charge < -0.3 is 9.64 Å². The first kappa shape index (κ1) is 16.7. The fourth-order valence-electron chi connectivity index (χ4n) is 3.02. The molecule has 0 saturated carbocycles. The number of hydrogen-bond donors (Lipinski definition) is 0. The lowest BCUT2D eigenvalue weighted by molar-refractivity contribution is -0.118. The van der Waals surface area contributed by atoms with E-state index in [1.807, 2.05) is 42.6 Å². The van der Waals surface area contributed by atoms with Gasteiger partial charge in [-0.2, -0.15) is 0 Å². The van der Waals surface area contributed by atoms with Gasteiger partial charge in [-0.25, -0.2) is 9.37 Å². The number of carbonyl (C=O) groups is 1. The topological polar surface area (TPSA) is 42.4 Å². The number of benzene rings is 2. The van der Waals surface area contributed by atoms with Crippen LogP contribution in [0.25, 0.3) is 10.6 Å². The van der Waals surface area contributed by atoms with Crippen molar-refractivity contribution >= 4 is 22.9 Å². The van der Waals surface area contributed by atoms with E-state index in [1.54, 1.807) is 11.0 Å². The first-order valence-corrected chi connectivity index (χ1v) is 9.24. The average Bonchev–Trinajstić information content (AvgIpc) is 3.09. The lowest BCUT2D eigenvalue weighted by Crippen LogP contribution is -2.43. The highest BCUT2D eigenvalue weighted by molar-refractivity contribution is 7.13. The number of rotatable bonds is 3. The van der Waals surface area contributed by atoms with Crippen LogP contribution in [-0.2, 0) is 11.2 Å². The fourth-order valence-corrected chi connectivity index (χ4v) is 3.83. The molecular weight excluding hydrogens is 351 g/mol. The smallest absolute Gasteiger partial charge is 0.233 e. The number of halogens is 1. The van der Waals surface area contributed by atoms with Crippen LogP contribution < -0.4 is 9.64 Å². The summed E-state index contributed by atoms with van der Waals surface area (Å²) in [5.74, 6) is 0.399. The van der Waals surface area contributed by atoms with Crippen LogP contribution in [0.3, 0.4) is 0 Å². The Morgan fingerprint density at radius 3 is 3.00 bits per heavy atom. The Kier molecular flexibility index (Phi) is 4.42. The highest BCUT2D eigenvalue weighted by Gasteiger charge is 2.27. The Morgan fingerprint density at radius 1 is 1.31 bits per heavy atom. The number of para-hydroxylation sites is 2. The fraction of sp³-hybridized carbons (Fsp3) is 0.200. The molecule has 6 heteroatoms. The molecule has 0 saturated heterocycles. The van der Waals surface area contributed by atoms with E-state index in [0.717, 1.165) is 17.0 Å². The Hall–Kier alpha value is -2.73. The maximum absolute atomic E-state index is 13.4. The van der Waals surface area contributed by atoms with Crippen LogP contribution >= 0.6 is 11.3 Å². The zero-order valence-corrected chi connectivity index (χ0v) is 15.0. The van der Waals surface area contributed by atoms with E-state index >= 15 is 0 Å². The molecule has 0 N–H and O–H groups in total. The van der Waals surface area contributed by atoms with E-state index < -0.39 is 0 Å². The van der Waals surface area contributed by atoms with Crippen molar-refractivity contribution in [2.75, 3.05) is 11.4 Å². The second-order valence-electron chi connectivity index (χ2n) is 6.23. The number of anilines is 1. The highest BCUT2D eigenvalue weighted by Crippen LogP contribution is 2.33. The molecule has 1 aliphatic rings. The van der Waals surface area contributed by atoms with E-state index in [-0.39, 0.29) is 24.2 Å². The van der Waals surface area contributed by atoms with Crippen molar-refractivity contribution in [2.24, 2.45) is 0 Å². The van der Waals surface area contributed by atoms with E-state index in [0.29, 0.717) is 17.2 Å². The van der Waals surface area contributed by atoms with Crippen LogP contribution in [0.15, 0.2) is 53.9 Å². The Labute approximate surface area is 154 Å². The second kappa shape index (κ2) is 6.88. The third-order valence-corrected chi connectivity index (χ3v) is 5.12. The molecule has 4 rings (SSSR count). The molecule has 0 fully saturated rings. The van der Waals surface area contributed by atoms with Crippen LogP contribution in [0.5, 0.6) is 5.75 Å². The standard InChI is InChI=1S/C20H17FN2O2S/c1-13-11-23(17-7-2-3-8-18(17)25-13)19(24)10-16-12-26-20(22-16)14-5-4-6-15(21)9-14/h2-9,12-13H,10-11H2,1H3. The maximum Gasteiger partial charge on any atom is 0.233 e. The van der Waals surface area contributed by atoms with Crippen LogP contribution in [0, 0.1) is 5.82 Å². The minimum Gasteiger partial charge on any atom is -0.487 e. The molecule has 132 valence electrons. The first-order chi connectivity index (χ1) is 12.6.